The SMILES string of the molecule is CCc1csc(C2CCCN(C(=O)c3cc(Cl)c(N)cc3OC)C2)n1.Cl.Cl. The van der Waals surface area contributed by atoms with Crippen LogP contribution in [0, 0.1) is 0 Å². The van der Waals surface area contributed by atoms with Gasteiger partial charge in [-0.3, -0.25) is 4.79 Å². The monoisotopic (exact) mass is 451 g/mol. The molecule has 1 atom stereocenters. The van der Waals surface area contributed by atoms with Crippen LogP contribution in [0.5, 0.6) is 5.75 Å². The molecule has 2 aromatic rings. The van der Waals surface area contributed by atoms with Crippen molar-refractivity contribution in [3.8, 4) is 5.75 Å². The fraction of sp³-hybridized carbons (Fsp3) is 0.444. The number of nitrogens with zero attached hydrogens (tertiary/aromatic N) is 2. The van der Waals surface area contributed by atoms with Gasteiger partial charge in [-0.15, -0.1) is 36.2 Å². The highest BCUT2D eigenvalue weighted by Gasteiger charge is 2.29. The number of ether oxygens (including phenoxy) is 1. The summed E-state index contributed by atoms with van der Waals surface area (Å²) in [5, 5.41) is 3.60. The highest BCUT2D eigenvalue weighted by Crippen LogP contribution is 2.33. The van der Waals surface area contributed by atoms with Gasteiger partial charge < -0.3 is 15.4 Å². The van der Waals surface area contributed by atoms with Gasteiger partial charge in [0.15, 0.2) is 0 Å². The molecule has 0 bridgehead atoms. The van der Waals surface area contributed by atoms with E-state index in [2.05, 4.69) is 12.3 Å². The van der Waals surface area contributed by atoms with Crippen LogP contribution in [0.1, 0.15) is 46.7 Å². The molecule has 1 aliphatic heterocycles. The molecule has 9 heteroatoms. The van der Waals surface area contributed by atoms with Crippen LogP contribution in [-0.2, 0) is 6.42 Å². The quantitative estimate of drug-likeness (QED) is 0.676. The van der Waals surface area contributed by atoms with Crippen LogP contribution in [0.2, 0.25) is 5.02 Å². The van der Waals surface area contributed by atoms with E-state index >= 15 is 0 Å². The van der Waals surface area contributed by atoms with Crippen molar-refractivity contribution < 1.29 is 9.53 Å². The number of aromatic nitrogens is 1. The van der Waals surface area contributed by atoms with Crippen LogP contribution >= 0.6 is 47.8 Å². The molecule has 0 spiro atoms. The summed E-state index contributed by atoms with van der Waals surface area (Å²) in [4.78, 5) is 19.6. The molecule has 2 heterocycles. The Labute approximate surface area is 181 Å². The Morgan fingerprint density at radius 1 is 1.44 bits per heavy atom. The van der Waals surface area contributed by atoms with Crippen molar-refractivity contribution in [2.24, 2.45) is 0 Å². The van der Waals surface area contributed by atoms with E-state index in [1.807, 2.05) is 4.90 Å². The maximum absolute atomic E-state index is 13.0. The molecule has 1 aromatic heterocycles. The summed E-state index contributed by atoms with van der Waals surface area (Å²) in [5.74, 6) is 0.672. The first kappa shape index (κ1) is 23.8. The van der Waals surface area contributed by atoms with Gasteiger partial charge in [-0.2, -0.15) is 0 Å². The largest absolute Gasteiger partial charge is 0.496 e. The standard InChI is InChI=1S/C18H22ClN3O2S.2ClH/c1-3-12-10-25-17(21-12)11-5-4-6-22(9-11)18(23)13-7-14(19)15(20)8-16(13)24-2;;/h7-8,10-11H,3-6,9,20H2,1-2H3;2*1H. The first-order valence-corrected chi connectivity index (χ1v) is 9.65. The van der Waals surface area contributed by atoms with E-state index in [-0.39, 0.29) is 30.7 Å². The van der Waals surface area contributed by atoms with E-state index in [9.17, 15) is 4.79 Å². The van der Waals surface area contributed by atoms with Crippen molar-refractivity contribution in [2.45, 2.75) is 32.1 Å². The third-order valence-electron chi connectivity index (χ3n) is 4.54. The number of thiazole rings is 1. The molecule has 150 valence electrons. The summed E-state index contributed by atoms with van der Waals surface area (Å²) in [6.45, 7) is 3.50. The Hall–Kier alpha value is -1.21. The van der Waals surface area contributed by atoms with Gasteiger partial charge >= 0.3 is 0 Å². The predicted octanol–water partition coefficient (Wildman–Crippen LogP) is 4.81. The van der Waals surface area contributed by atoms with Crippen LogP contribution in [0.25, 0.3) is 0 Å². The lowest BCUT2D eigenvalue weighted by Crippen LogP contribution is -2.39. The second kappa shape index (κ2) is 10.4. The second-order valence-corrected chi connectivity index (χ2v) is 7.49. The summed E-state index contributed by atoms with van der Waals surface area (Å²) < 4.78 is 5.33. The summed E-state index contributed by atoms with van der Waals surface area (Å²) in [6, 6.07) is 3.20. The van der Waals surface area contributed by atoms with Crippen LogP contribution in [0.4, 0.5) is 5.69 Å². The number of hydrogen-bond donors (Lipinski definition) is 1. The predicted molar refractivity (Wildman–Crippen MR) is 116 cm³/mol. The van der Waals surface area contributed by atoms with Crippen molar-refractivity contribution in [1.82, 2.24) is 9.88 Å². The number of hydrogen-bond acceptors (Lipinski definition) is 5. The first-order valence-electron chi connectivity index (χ1n) is 8.40. The Bertz CT molecular complexity index is 785. The van der Waals surface area contributed by atoms with Gasteiger partial charge in [0.25, 0.3) is 5.91 Å². The number of methoxy groups -OCH3 is 1. The number of benzene rings is 1. The Balaban J connectivity index is 0.00000182. The third kappa shape index (κ3) is 5.19. The molecule has 3 rings (SSSR count). The average Bonchev–Trinajstić information content (AvgIpc) is 3.12. The molecule has 0 saturated carbocycles. The number of amides is 1. The zero-order chi connectivity index (χ0) is 18.0. The highest BCUT2D eigenvalue weighted by atomic mass is 35.5. The van der Waals surface area contributed by atoms with Crippen molar-refractivity contribution in [2.75, 3.05) is 25.9 Å². The van der Waals surface area contributed by atoms with E-state index in [1.165, 1.54) is 7.11 Å². The number of piperidine rings is 1. The van der Waals surface area contributed by atoms with Gasteiger partial charge in [0, 0.05) is 30.5 Å². The van der Waals surface area contributed by atoms with Crippen molar-refractivity contribution >= 4 is 59.3 Å². The topological polar surface area (TPSA) is 68.5 Å². The molecule has 1 saturated heterocycles. The Morgan fingerprint density at radius 2 is 2.19 bits per heavy atom. The summed E-state index contributed by atoms with van der Waals surface area (Å²) in [5.41, 5.74) is 7.79. The molecule has 0 aliphatic carbocycles. The number of anilines is 1. The molecule has 27 heavy (non-hydrogen) atoms. The van der Waals surface area contributed by atoms with Crippen molar-refractivity contribution in [3.63, 3.8) is 0 Å². The van der Waals surface area contributed by atoms with Gasteiger partial charge in [0.05, 0.1) is 34.1 Å². The van der Waals surface area contributed by atoms with Crippen molar-refractivity contribution in [1.29, 1.82) is 0 Å². The smallest absolute Gasteiger partial charge is 0.257 e. The maximum atomic E-state index is 13.0. The lowest BCUT2D eigenvalue weighted by Gasteiger charge is -2.32. The van der Waals surface area contributed by atoms with Gasteiger partial charge in [-0.25, -0.2) is 4.98 Å². The van der Waals surface area contributed by atoms with Crippen LogP contribution in [0.15, 0.2) is 17.5 Å². The normalized spacial score (nSPS) is 16.3. The lowest BCUT2D eigenvalue weighted by molar-refractivity contribution is 0.0703. The fourth-order valence-corrected chi connectivity index (χ4v) is 4.31. The maximum Gasteiger partial charge on any atom is 0.257 e. The molecule has 1 amide bonds. The number of likely N-dealkylation sites (tertiary alicyclic amines) is 1. The number of halogens is 3. The molecule has 1 aliphatic rings. The number of carbonyl (C=O) groups excluding carboxylic acids is 1. The second-order valence-electron chi connectivity index (χ2n) is 6.19. The molecule has 1 aromatic carbocycles. The number of nitrogen functional groups attached to an aromatic ring is 1. The lowest BCUT2D eigenvalue weighted by atomic mass is 9.97. The average molecular weight is 453 g/mol. The summed E-state index contributed by atoms with van der Waals surface area (Å²) in [6.07, 6.45) is 2.95. The van der Waals surface area contributed by atoms with E-state index < -0.39 is 0 Å². The van der Waals surface area contributed by atoms with Crippen LogP contribution in [0.3, 0.4) is 0 Å². The number of rotatable bonds is 4. The van der Waals surface area contributed by atoms with Crippen molar-refractivity contribution in [3.05, 3.63) is 38.8 Å². The van der Waals surface area contributed by atoms with E-state index in [0.717, 1.165) is 36.5 Å². The zero-order valence-electron chi connectivity index (χ0n) is 15.2. The summed E-state index contributed by atoms with van der Waals surface area (Å²) >= 11 is 7.80. The van der Waals surface area contributed by atoms with E-state index in [4.69, 9.17) is 27.1 Å². The molecule has 1 fully saturated rings. The van der Waals surface area contributed by atoms with Gasteiger partial charge in [-0.05, 0) is 25.3 Å². The molecular formula is C18H24Cl3N3O2S. The molecular weight excluding hydrogens is 429 g/mol. The number of nitrogens with two attached hydrogens (primary N) is 1. The number of aryl methyl sites for hydroxylation is 1. The molecule has 2 N–H and O–H groups in total. The Kier molecular flexibility index (Phi) is 9.15. The minimum Gasteiger partial charge on any atom is -0.496 e. The van der Waals surface area contributed by atoms with Gasteiger partial charge in [0.2, 0.25) is 0 Å². The zero-order valence-corrected chi connectivity index (χ0v) is 18.4. The van der Waals surface area contributed by atoms with Gasteiger partial charge in [-0.1, -0.05) is 18.5 Å². The number of carbonyl (C=O) groups is 1. The third-order valence-corrected chi connectivity index (χ3v) is 5.92. The molecule has 0 radical (unpaired) electrons. The summed E-state index contributed by atoms with van der Waals surface area (Å²) in [7, 11) is 1.53. The fourth-order valence-electron chi connectivity index (χ4n) is 3.11. The highest BCUT2D eigenvalue weighted by molar-refractivity contribution is 7.09. The van der Waals surface area contributed by atoms with Crippen LogP contribution < -0.4 is 10.5 Å². The molecule has 1 unspecified atom stereocenters. The van der Waals surface area contributed by atoms with E-state index in [1.54, 1.807) is 23.5 Å². The van der Waals surface area contributed by atoms with E-state index in [0.29, 0.717) is 34.5 Å². The van der Waals surface area contributed by atoms with Crippen LogP contribution in [-0.4, -0.2) is 36.0 Å². The Morgan fingerprint density at radius 3 is 2.81 bits per heavy atom. The van der Waals surface area contributed by atoms with Gasteiger partial charge in [0.1, 0.15) is 5.75 Å². The minimum absolute atomic E-state index is 0. The minimum atomic E-state index is -0.0734. The first-order chi connectivity index (χ1) is 12.0. The molecule has 5 nitrogen and oxygen atoms in total.